The molecule has 0 aliphatic carbocycles. The van der Waals surface area contributed by atoms with Crippen molar-refractivity contribution in [3.63, 3.8) is 0 Å². The van der Waals surface area contributed by atoms with Crippen LogP contribution in [0.4, 0.5) is 11.4 Å². The lowest BCUT2D eigenvalue weighted by atomic mass is 10.0. The fourth-order valence-corrected chi connectivity index (χ4v) is 2.93. The topological polar surface area (TPSA) is 60.2 Å². The van der Waals surface area contributed by atoms with Gasteiger partial charge in [-0.25, -0.2) is 4.98 Å². The highest BCUT2D eigenvalue weighted by molar-refractivity contribution is 7.18. The Bertz CT molecular complexity index is 580. The molecule has 2 rings (SSSR count). The van der Waals surface area contributed by atoms with Gasteiger partial charge in [0, 0.05) is 6.61 Å². The predicted molar refractivity (Wildman–Crippen MR) is 87.5 cm³/mol. The molecule has 2 aromatic rings. The van der Waals surface area contributed by atoms with Crippen molar-refractivity contribution >= 4 is 32.9 Å². The largest absolute Gasteiger partial charge is 0.397 e. The van der Waals surface area contributed by atoms with Gasteiger partial charge < -0.3 is 15.8 Å². The Morgan fingerprint density at radius 1 is 1.40 bits per heavy atom. The molecule has 1 aromatic heterocycles. The Hall–Kier alpha value is -1.33. The Labute approximate surface area is 124 Å². The number of nitrogens with two attached hydrogens (primary N) is 1. The van der Waals surface area contributed by atoms with Crippen LogP contribution in [0.25, 0.3) is 10.2 Å². The van der Waals surface area contributed by atoms with Gasteiger partial charge in [-0.15, -0.1) is 11.3 Å². The van der Waals surface area contributed by atoms with Crippen molar-refractivity contribution < 1.29 is 4.74 Å². The maximum Gasteiger partial charge on any atom is 0.0907 e. The molecule has 4 nitrogen and oxygen atoms in total. The van der Waals surface area contributed by atoms with E-state index in [0.29, 0.717) is 12.5 Å². The summed E-state index contributed by atoms with van der Waals surface area (Å²) in [4.78, 5) is 4.52. The molecule has 0 bridgehead atoms. The van der Waals surface area contributed by atoms with Crippen LogP contribution in [-0.4, -0.2) is 24.2 Å². The fourth-order valence-electron chi connectivity index (χ4n) is 2.08. The summed E-state index contributed by atoms with van der Waals surface area (Å²) in [7, 11) is 0. The van der Waals surface area contributed by atoms with E-state index < -0.39 is 0 Å². The number of nitrogens with zero attached hydrogens (tertiary/aromatic N) is 1. The number of benzene rings is 1. The van der Waals surface area contributed by atoms with Crippen LogP contribution in [-0.2, 0) is 4.74 Å². The van der Waals surface area contributed by atoms with Crippen LogP contribution in [0.2, 0.25) is 0 Å². The van der Waals surface area contributed by atoms with Crippen LogP contribution in [0, 0.1) is 12.8 Å². The molecule has 3 N–H and O–H groups in total. The summed E-state index contributed by atoms with van der Waals surface area (Å²) in [5.74, 6) is 0.466. The van der Waals surface area contributed by atoms with E-state index in [1.165, 1.54) is 0 Å². The van der Waals surface area contributed by atoms with Crippen molar-refractivity contribution in [2.24, 2.45) is 5.92 Å². The smallest absolute Gasteiger partial charge is 0.0907 e. The minimum atomic E-state index is 0.245. The molecule has 5 heteroatoms. The molecule has 1 aromatic carbocycles. The van der Waals surface area contributed by atoms with Crippen LogP contribution in [0.3, 0.4) is 0 Å². The predicted octanol–water partition coefficient (Wildman–Crippen LogP) is 3.66. The van der Waals surface area contributed by atoms with Gasteiger partial charge in [0.15, 0.2) is 0 Å². The SMILES string of the molecule is CCOCC(Nc1cc2nc(C)sc2cc1N)C(C)C. The summed E-state index contributed by atoms with van der Waals surface area (Å²) in [5.41, 5.74) is 8.86. The number of fused-ring (bicyclic) bond motifs is 1. The molecule has 0 aliphatic heterocycles. The summed E-state index contributed by atoms with van der Waals surface area (Å²) in [6.45, 7) is 9.79. The van der Waals surface area contributed by atoms with E-state index in [1.54, 1.807) is 11.3 Å². The van der Waals surface area contributed by atoms with Crippen molar-refractivity contribution in [1.29, 1.82) is 0 Å². The number of aryl methyl sites for hydroxylation is 1. The molecule has 1 atom stereocenters. The monoisotopic (exact) mass is 293 g/mol. The number of hydrogen-bond donors (Lipinski definition) is 2. The van der Waals surface area contributed by atoms with Gasteiger partial charge in [0.1, 0.15) is 0 Å². The van der Waals surface area contributed by atoms with Gasteiger partial charge >= 0.3 is 0 Å². The van der Waals surface area contributed by atoms with Gasteiger partial charge in [-0.2, -0.15) is 0 Å². The first-order valence-corrected chi connectivity index (χ1v) is 7.83. The first-order valence-electron chi connectivity index (χ1n) is 7.02. The molecule has 0 radical (unpaired) electrons. The van der Waals surface area contributed by atoms with Crippen LogP contribution in [0.5, 0.6) is 0 Å². The second-order valence-electron chi connectivity index (χ2n) is 5.29. The number of aromatic nitrogens is 1. The molecule has 0 spiro atoms. The summed E-state index contributed by atoms with van der Waals surface area (Å²) in [6, 6.07) is 4.28. The number of ether oxygens (including phenoxy) is 1. The van der Waals surface area contributed by atoms with Gasteiger partial charge in [-0.05, 0) is 31.9 Å². The van der Waals surface area contributed by atoms with Gasteiger partial charge in [-0.1, -0.05) is 13.8 Å². The molecule has 1 unspecified atom stereocenters. The zero-order valence-electron chi connectivity index (χ0n) is 12.6. The minimum absolute atomic E-state index is 0.245. The normalized spacial score (nSPS) is 13.1. The number of thiazole rings is 1. The van der Waals surface area contributed by atoms with Crippen LogP contribution in [0.15, 0.2) is 12.1 Å². The lowest BCUT2D eigenvalue weighted by molar-refractivity contribution is 0.127. The van der Waals surface area contributed by atoms with Crippen LogP contribution >= 0.6 is 11.3 Å². The molecule has 0 fully saturated rings. The highest BCUT2D eigenvalue weighted by atomic mass is 32.1. The zero-order valence-corrected chi connectivity index (χ0v) is 13.4. The number of nitrogens with one attached hydrogen (secondary N) is 1. The molecule has 0 amide bonds. The average Bonchev–Trinajstić information content (AvgIpc) is 2.73. The van der Waals surface area contributed by atoms with Gasteiger partial charge in [-0.3, -0.25) is 0 Å². The number of anilines is 2. The van der Waals surface area contributed by atoms with E-state index in [4.69, 9.17) is 10.5 Å². The van der Waals surface area contributed by atoms with E-state index >= 15 is 0 Å². The first kappa shape index (κ1) is 15.1. The maximum absolute atomic E-state index is 6.15. The van der Waals surface area contributed by atoms with Crippen molar-refractivity contribution in [2.45, 2.75) is 33.7 Å². The van der Waals surface area contributed by atoms with E-state index in [-0.39, 0.29) is 6.04 Å². The van der Waals surface area contributed by atoms with E-state index in [9.17, 15) is 0 Å². The molecule has 0 saturated heterocycles. The Morgan fingerprint density at radius 2 is 2.15 bits per heavy atom. The van der Waals surface area contributed by atoms with Crippen molar-refractivity contribution in [3.05, 3.63) is 17.1 Å². The third-order valence-corrected chi connectivity index (χ3v) is 4.25. The molecule has 20 heavy (non-hydrogen) atoms. The number of rotatable bonds is 6. The standard InChI is InChI=1S/C15H23N3OS/c1-5-19-8-14(9(2)3)18-12-7-13-15(6-11(12)16)20-10(4)17-13/h6-7,9,14,18H,5,8,16H2,1-4H3. The van der Waals surface area contributed by atoms with Crippen LogP contribution in [0.1, 0.15) is 25.8 Å². The minimum Gasteiger partial charge on any atom is -0.397 e. The highest BCUT2D eigenvalue weighted by Gasteiger charge is 2.15. The summed E-state index contributed by atoms with van der Waals surface area (Å²) >= 11 is 1.67. The Morgan fingerprint density at radius 3 is 2.80 bits per heavy atom. The Balaban J connectivity index is 2.24. The molecular weight excluding hydrogens is 270 g/mol. The maximum atomic E-state index is 6.15. The van der Waals surface area contributed by atoms with Crippen molar-refractivity contribution in [2.75, 3.05) is 24.3 Å². The zero-order chi connectivity index (χ0) is 14.7. The van der Waals surface area contributed by atoms with E-state index in [2.05, 4.69) is 24.1 Å². The lowest BCUT2D eigenvalue weighted by Crippen LogP contribution is -2.31. The third kappa shape index (κ3) is 3.41. The van der Waals surface area contributed by atoms with Crippen molar-refractivity contribution in [3.8, 4) is 0 Å². The summed E-state index contributed by atoms with van der Waals surface area (Å²) < 4.78 is 6.68. The quantitative estimate of drug-likeness (QED) is 0.798. The molecular formula is C15H23N3OS. The van der Waals surface area contributed by atoms with Gasteiger partial charge in [0.25, 0.3) is 0 Å². The second-order valence-corrected chi connectivity index (χ2v) is 6.53. The summed E-state index contributed by atoms with van der Waals surface area (Å²) in [6.07, 6.45) is 0. The number of hydrogen-bond acceptors (Lipinski definition) is 5. The average molecular weight is 293 g/mol. The lowest BCUT2D eigenvalue weighted by Gasteiger charge is -2.24. The second kappa shape index (κ2) is 6.41. The van der Waals surface area contributed by atoms with Crippen molar-refractivity contribution in [1.82, 2.24) is 4.98 Å². The molecule has 0 saturated carbocycles. The highest BCUT2D eigenvalue weighted by Crippen LogP contribution is 2.30. The molecule has 1 heterocycles. The van der Waals surface area contributed by atoms with Gasteiger partial charge in [0.05, 0.1) is 39.2 Å². The van der Waals surface area contributed by atoms with Crippen LogP contribution < -0.4 is 11.1 Å². The van der Waals surface area contributed by atoms with E-state index in [0.717, 1.165) is 33.2 Å². The first-order chi connectivity index (χ1) is 9.51. The molecule has 110 valence electrons. The number of nitrogen functional groups attached to an aromatic ring is 1. The molecule has 0 aliphatic rings. The van der Waals surface area contributed by atoms with E-state index in [1.807, 2.05) is 26.0 Å². The Kier molecular flexibility index (Phi) is 4.83. The van der Waals surface area contributed by atoms with Gasteiger partial charge in [0.2, 0.25) is 0 Å². The summed E-state index contributed by atoms with van der Waals surface area (Å²) in [5, 5.41) is 4.56. The fraction of sp³-hybridized carbons (Fsp3) is 0.533. The third-order valence-electron chi connectivity index (χ3n) is 3.31.